The number of rotatable bonds is 11. The van der Waals surface area contributed by atoms with Gasteiger partial charge in [0.1, 0.15) is 12.7 Å². The van der Waals surface area contributed by atoms with Crippen molar-refractivity contribution < 1.29 is 61.9 Å². The van der Waals surface area contributed by atoms with E-state index in [0.29, 0.717) is 5.56 Å². The van der Waals surface area contributed by atoms with Crippen molar-refractivity contribution in [1.82, 2.24) is 0 Å². The van der Waals surface area contributed by atoms with E-state index in [1.54, 1.807) is 0 Å². The number of halogens is 1. The first kappa shape index (κ1) is 31.6. The van der Waals surface area contributed by atoms with Gasteiger partial charge in [0, 0.05) is 27.7 Å². The summed E-state index contributed by atoms with van der Waals surface area (Å²) >= 11 is 2.81. The van der Waals surface area contributed by atoms with Gasteiger partial charge in [0.2, 0.25) is 22.8 Å². The Bertz CT molecular complexity index is 1090. The molecule has 0 radical (unpaired) electrons. The summed E-state index contributed by atoms with van der Waals surface area (Å²) in [5.74, 6) is -2.70. The highest BCUT2D eigenvalue weighted by atomic mass is 79.9. The summed E-state index contributed by atoms with van der Waals surface area (Å²) in [6, 6.07) is 3.07. The monoisotopic (exact) mass is 616 g/mol. The average Bonchev–Trinajstić information content (AvgIpc) is 2.84. The Morgan fingerprint density at radius 1 is 0.821 bits per heavy atom. The van der Waals surface area contributed by atoms with Crippen molar-refractivity contribution in [2.24, 2.45) is 0 Å². The summed E-state index contributed by atoms with van der Waals surface area (Å²) in [6.07, 6.45) is -4.15. The molecule has 1 heterocycles. The lowest BCUT2D eigenvalue weighted by Crippen LogP contribution is -2.63. The van der Waals surface area contributed by atoms with E-state index in [-0.39, 0.29) is 21.9 Å². The molecule has 0 saturated carbocycles. The molecule has 1 aliphatic rings. The Kier molecular flexibility index (Phi) is 11.7. The largest absolute Gasteiger partial charge is 0.493 e. The van der Waals surface area contributed by atoms with Crippen LogP contribution in [-0.2, 0) is 47.7 Å². The van der Waals surface area contributed by atoms with E-state index in [9.17, 15) is 24.0 Å². The van der Waals surface area contributed by atoms with Crippen LogP contribution < -0.4 is 14.2 Å². The number of esters is 4. The number of hydrogen-bond donors (Lipinski definition) is 0. The van der Waals surface area contributed by atoms with Gasteiger partial charge in [0.15, 0.2) is 23.7 Å². The second-order valence-corrected chi connectivity index (χ2v) is 8.86. The van der Waals surface area contributed by atoms with Crippen molar-refractivity contribution in [3.63, 3.8) is 0 Å². The van der Waals surface area contributed by atoms with Crippen molar-refractivity contribution in [2.75, 3.05) is 20.8 Å². The maximum absolute atomic E-state index is 12.0. The smallest absolute Gasteiger partial charge is 0.303 e. The SMILES string of the molecule is COc1cc(C=CC(=O)Br)cc(OC)c1O[C@@H]1O[C@H](COC(C)=O)[C@H](OC(C)=O)[C@H](OC(C)=O)[C@H]1OC(C)=O. The molecule has 2 rings (SSSR count). The minimum atomic E-state index is -1.50. The summed E-state index contributed by atoms with van der Waals surface area (Å²) in [7, 11) is 2.72. The Labute approximate surface area is 232 Å². The number of ether oxygens (including phenoxy) is 8. The van der Waals surface area contributed by atoms with Crippen molar-refractivity contribution in [3.8, 4) is 17.2 Å². The van der Waals surface area contributed by atoms with Crippen LogP contribution in [0.1, 0.15) is 33.3 Å². The summed E-state index contributed by atoms with van der Waals surface area (Å²) < 4.78 is 43.8. The maximum Gasteiger partial charge on any atom is 0.303 e. The van der Waals surface area contributed by atoms with Gasteiger partial charge in [0.05, 0.1) is 14.2 Å². The molecule has 1 aromatic carbocycles. The Balaban J connectivity index is 2.62. The molecule has 0 bridgehead atoms. The fourth-order valence-electron chi connectivity index (χ4n) is 3.67. The molecular formula is C25H29BrO13. The molecule has 1 aliphatic heterocycles. The minimum absolute atomic E-state index is 0.00298. The van der Waals surface area contributed by atoms with E-state index in [2.05, 4.69) is 15.9 Å². The average molecular weight is 617 g/mol. The van der Waals surface area contributed by atoms with Gasteiger partial charge in [-0.2, -0.15) is 0 Å². The molecule has 5 atom stereocenters. The van der Waals surface area contributed by atoms with E-state index in [0.717, 1.165) is 27.7 Å². The summed E-state index contributed by atoms with van der Waals surface area (Å²) in [6.45, 7) is 4.08. The number of methoxy groups -OCH3 is 2. The van der Waals surface area contributed by atoms with Crippen LogP contribution in [-0.4, -0.2) is 80.1 Å². The summed E-state index contributed by atoms with van der Waals surface area (Å²) in [5.41, 5.74) is 0.519. The zero-order valence-corrected chi connectivity index (χ0v) is 23.7. The predicted octanol–water partition coefficient (Wildman–Crippen LogP) is 2.10. The first-order valence-electron chi connectivity index (χ1n) is 11.5. The molecule has 14 heteroatoms. The van der Waals surface area contributed by atoms with E-state index in [1.807, 2.05) is 0 Å². The number of carbonyl (C=O) groups excluding carboxylic acids is 5. The zero-order valence-electron chi connectivity index (χ0n) is 22.1. The summed E-state index contributed by atoms with van der Waals surface area (Å²) in [4.78, 5) is 58.8. The van der Waals surface area contributed by atoms with Crippen molar-refractivity contribution in [2.45, 2.75) is 58.4 Å². The third-order valence-corrected chi connectivity index (χ3v) is 5.34. The third kappa shape index (κ3) is 9.25. The first-order valence-corrected chi connectivity index (χ1v) is 12.3. The van der Waals surface area contributed by atoms with Gasteiger partial charge in [0.25, 0.3) is 0 Å². The highest BCUT2D eigenvalue weighted by Gasteiger charge is 2.53. The quantitative estimate of drug-likeness (QED) is 0.154. The second-order valence-electron chi connectivity index (χ2n) is 8.08. The van der Waals surface area contributed by atoms with E-state index in [4.69, 9.17) is 37.9 Å². The molecule has 0 aromatic heterocycles. The molecule has 0 amide bonds. The molecule has 0 N–H and O–H groups in total. The van der Waals surface area contributed by atoms with Gasteiger partial charge in [-0.25, -0.2) is 0 Å². The molecule has 0 unspecified atom stereocenters. The van der Waals surface area contributed by atoms with Gasteiger partial charge in [-0.1, -0.05) is 6.08 Å². The lowest BCUT2D eigenvalue weighted by molar-refractivity contribution is -0.288. The van der Waals surface area contributed by atoms with Crippen LogP contribution in [0.4, 0.5) is 0 Å². The van der Waals surface area contributed by atoms with Gasteiger partial charge >= 0.3 is 23.9 Å². The maximum atomic E-state index is 12.0. The Morgan fingerprint density at radius 3 is 1.79 bits per heavy atom. The van der Waals surface area contributed by atoms with Crippen molar-refractivity contribution in [3.05, 3.63) is 23.8 Å². The normalized spacial score (nSPS) is 22.4. The van der Waals surface area contributed by atoms with Crippen LogP contribution >= 0.6 is 15.9 Å². The zero-order chi connectivity index (χ0) is 29.3. The molecular weight excluding hydrogens is 588 g/mol. The highest BCUT2D eigenvalue weighted by molar-refractivity contribution is 9.18. The van der Waals surface area contributed by atoms with Crippen molar-refractivity contribution >= 4 is 50.6 Å². The molecule has 0 aliphatic carbocycles. The fourth-order valence-corrected chi connectivity index (χ4v) is 3.81. The van der Waals surface area contributed by atoms with E-state index in [1.165, 1.54) is 38.5 Å². The van der Waals surface area contributed by atoms with Gasteiger partial charge in [-0.15, -0.1) is 0 Å². The van der Waals surface area contributed by atoms with Crippen LogP contribution in [0.15, 0.2) is 18.2 Å². The Hall–Kier alpha value is -3.65. The van der Waals surface area contributed by atoms with E-state index >= 15 is 0 Å². The van der Waals surface area contributed by atoms with Gasteiger partial charge < -0.3 is 37.9 Å². The first-order chi connectivity index (χ1) is 18.4. The van der Waals surface area contributed by atoms with Crippen LogP contribution in [0, 0.1) is 0 Å². The highest BCUT2D eigenvalue weighted by Crippen LogP contribution is 2.41. The van der Waals surface area contributed by atoms with Crippen LogP contribution in [0.5, 0.6) is 17.2 Å². The number of allylic oxidation sites excluding steroid dienone is 1. The second kappa shape index (κ2) is 14.5. The topological polar surface area (TPSA) is 159 Å². The lowest BCUT2D eigenvalue weighted by atomic mass is 9.98. The number of benzene rings is 1. The van der Waals surface area contributed by atoms with Gasteiger partial charge in [-0.3, -0.25) is 24.0 Å². The fraction of sp³-hybridized carbons (Fsp3) is 0.480. The minimum Gasteiger partial charge on any atom is -0.493 e. The van der Waals surface area contributed by atoms with Crippen LogP contribution in [0.3, 0.4) is 0 Å². The molecule has 1 aromatic rings. The van der Waals surface area contributed by atoms with Crippen LogP contribution in [0.2, 0.25) is 0 Å². The molecule has 39 heavy (non-hydrogen) atoms. The molecule has 1 saturated heterocycles. The molecule has 0 spiro atoms. The van der Waals surface area contributed by atoms with Crippen LogP contribution in [0.25, 0.3) is 6.08 Å². The van der Waals surface area contributed by atoms with Gasteiger partial charge in [-0.05, 0) is 39.7 Å². The third-order valence-electron chi connectivity index (χ3n) is 5.07. The number of hydrogen-bond acceptors (Lipinski definition) is 13. The number of carbonyl (C=O) groups is 5. The van der Waals surface area contributed by atoms with Crippen molar-refractivity contribution in [1.29, 1.82) is 0 Å². The molecule has 214 valence electrons. The predicted molar refractivity (Wildman–Crippen MR) is 135 cm³/mol. The molecule has 1 fully saturated rings. The van der Waals surface area contributed by atoms with E-state index < -0.39 is 61.2 Å². The summed E-state index contributed by atoms with van der Waals surface area (Å²) in [5, 5.41) is 0. The lowest BCUT2D eigenvalue weighted by Gasteiger charge is -2.44. The standard InChI is InChI=1S/C25H29BrO13/c1-12(27)34-11-19-22(35-13(2)28)23(36-14(3)29)24(37-15(4)30)25(38-19)39-21-17(32-5)9-16(7-8-20(26)31)10-18(21)33-6/h7-10,19,22-25H,11H2,1-6H3/t19-,22+,23+,24-,25+/m1/s1. The Morgan fingerprint density at radius 2 is 1.33 bits per heavy atom. The molecule has 13 nitrogen and oxygen atoms in total.